The van der Waals surface area contributed by atoms with Crippen molar-refractivity contribution in [2.45, 2.75) is 6.42 Å². The fraction of sp³-hybridized carbons (Fsp3) is 0.455. The van der Waals surface area contributed by atoms with Gasteiger partial charge < -0.3 is 9.47 Å². The summed E-state index contributed by atoms with van der Waals surface area (Å²) in [5.74, 6) is 1.47. The Labute approximate surface area is 78.5 Å². The molecule has 0 amide bonds. The summed E-state index contributed by atoms with van der Waals surface area (Å²) in [5, 5.41) is 0. The summed E-state index contributed by atoms with van der Waals surface area (Å²) < 4.78 is 10.8. The Bertz CT molecular complexity index is 240. The van der Waals surface area contributed by atoms with E-state index in [1.165, 1.54) is 0 Å². The van der Waals surface area contributed by atoms with Gasteiger partial charge in [0.05, 0.1) is 13.2 Å². The van der Waals surface area contributed by atoms with Gasteiger partial charge in [-0.15, -0.1) is 0 Å². The fourth-order valence-corrected chi connectivity index (χ4v) is 1.40. The van der Waals surface area contributed by atoms with Crippen LogP contribution in [0.3, 0.4) is 0 Å². The maximum Gasteiger partial charge on any atom is 0.119 e. The van der Waals surface area contributed by atoms with E-state index >= 15 is 0 Å². The zero-order valence-electron chi connectivity index (χ0n) is 7.53. The van der Waals surface area contributed by atoms with Gasteiger partial charge in [-0.2, -0.15) is 0 Å². The lowest BCUT2D eigenvalue weighted by Crippen LogP contribution is -2.11. The van der Waals surface area contributed by atoms with Crippen LogP contribution < -0.4 is 4.74 Å². The van der Waals surface area contributed by atoms with Gasteiger partial charge in [0, 0.05) is 12.5 Å². The molecule has 0 N–H and O–H groups in total. The van der Waals surface area contributed by atoms with Crippen LogP contribution >= 0.6 is 0 Å². The number of benzene rings is 1. The van der Waals surface area contributed by atoms with Crippen LogP contribution in [-0.2, 0) is 4.74 Å². The van der Waals surface area contributed by atoms with Crippen molar-refractivity contribution in [1.29, 1.82) is 0 Å². The normalized spacial score (nSPS) is 21.7. The molecule has 1 atom stereocenters. The van der Waals surface area contributed by atoms with Crippen molar-refractivity contribution in [3.8, 4) is 5.75 Å². The Morgan fingerprint density at radius 3 is 3.31 bits per heavy atom. The molecule has 2 rings (SSSR count). The second-order valence-corrected chi connectivity index (χ2v) is 3.28. The first kappa shape index (κ1) is 8.57. The van der Waals surface area contributed by atoms with Crippen molar-refractivity contribution in [1.82, 2.24) is 0 Å². The van der Waals surface area contributed by atoms with E-state index in [1.807, 2.05) is 24.3 Å². The van der Waals surface area contributed by atoms with Gasteiger partial charge in [-0.3, -0.25) is 0 Å². The van der Waals surface area contributed by atoms with Crippen molar-refractivity contribution >= 4 is 0 Å². The Hall–Kier alpha value is -1.02. The molecule has 69 valence electrons. The minimum Gasteiger partial charge on any atom is -0.493 e. The average molecular weight is 177 g/mol. The van der Waals surface area contributed by atoms with E-state index in [0.717, 1.165) is 32.0 Å². The van der Waals surface area contributed by atoms with Crippen molar-refractivity contribution in [3.63, 3.8) is 0 Å². The summed E-state index contributed by atoms with van der Waals surface area (Å²) in [6, 6.07) is 10.6. The van der Waals surface area contributed by atoms with Gasteiger partial charge in [0.15, 0.2) is 0 Å². The molecule has 1 heterocycles. The molecule has 0 bridgehead atoms. The third-order valence-electron chi connectivity index (χ3n) is 2.19. The minimum absolute atomic E-state index is 0.570. The highest BCUT2D eigenvalue weighted by atomic mass is 16.5. The molecule has 1 saturated heterocycles. The van der Waals surface area contributed by atoms with Gasteiger partial charge in [0.25, 0.3) is 0 Å². The molecule has 1 radical (unpaired) electrons. The third-order valence-corrected chi connectivity index (χ3v) is 2.19. The van der Waals surface area contributed by atoms with E-state index in [-0.39, 0.29) is 0 Å². The van der Waals surface area contributed by atoms with Crippen LogP contribution in [0.15, 0.2) is 24.3 Å². The molecule has 0 saturated carbocycles. The molecular formula is C11H13O2. The monoisotopic (exact) mass is 177 g/mol. The average Bonchev–Trinajstić information content (AvgIpc) is 2.69. The van der Waals surface area contributed by atoms with Gasteiger partial charge in [0.1, 0.15) is 5.75 Å². The molecule has 1 aromatic carbocycles. The van der Waals surface area contributed by atoms with E-state index in [1.54, 1.807) is 0 Å². The Balaban J connectivity index is 1.79. The Morgan fingerprint density at radius 2 is 2.62 bits per heavy atom. The van der Waals surface area contributed by atoms with E-state index in [2.05, 4.69) is 6.07 Å². The highest BCUT2D eigenvalue weighted by molar-refractivity contribution is 5.19. The quantitative estimate of drug-likeness (QED) is 0.702. The highest BCUT2D eigenvalue weighted by Crippen LogP contribution is 2.15. The molecule has 0 aliphatic carbocycles. The smallest absolute Gasteiger partial charge is 0.119 e. The molecule has 13 heavy (non-hydrogen) atoms. The number of rotatable bonds is 3. The van der Waals surface area contributed by atoms with E-state index in [9.17, 15) is 0 Å². The number of hydrogen-bond donors (Lipinski definition) is 0. The summed E-state index contributed by atoms with van der Waals surface area (Å²) in [5.41, 5.74) is 0. The largest absolute Gasteiger partial charge is 0.493 e. The molecule has 1 aliphatic heterocycles. The summed E-state index contributed by atoms with van der Waals surface area (Å²) in [4.78, 5) is 0. The second kappa shape index (κ2) is 4.28. The van der Waals surface area contributed by atoms with Crippen molar-refractivity contribution in [2.75, 3.05) is 19.8 Å². The van der Waals surface area contributed by atoms with Crippen LogP contribution in [0.4, 0.5) is 0 Å². The molecule has 2 nitrogen and oxygen atoms in total. The van der Waals surface area contributed by atoms with Crippen LogP contribution in [0.2, 0.25) is 0 Å². The van der Waals surface area contributed by atoms with Gasteiger partial charge in [-0.25, -0.2) is 0 Å². The first-order valence-electron chi connectivity index (χ1n) is 4.62. The van der Waals surface area contributed by atoms with E-state index in [4.69, 9.17) is 9.47 Å². The predicted molar refractivity (Wildman–Crippen MR) is 49.7 cm³/mol. The van der Waals surface area contributed by atoms with Crippen molar-refractivity contribution < 1.29 is 9.47 Å². The molecule has 1 fully saturated rings. The first-order chi connectivity index (χ1) is 6.45. The van der Waals surface area contributed by atoms with Crippen LogP contribution in [0.5, 0.6) is 5.75 Å². The first-order valence-corrected chi connectivity index (χ1v) is 4.62. The van der Waals surface area contributed by atoms with E-state index < -0.39 is 0 Å². The van der Waals surface area contributed by atoms with Crippen LogP contribution in [0.1, 0.15) is 6.42 Å². The zero-order valence-corrected chi connectivity index (χ0v) is 7.53. The number of hydrogen-bond acceptors (Lipinski definition) is 2. The van der Waals surface area contributed by atoms with Gasteiger partial charge in [0.2, 0.25) is 0 Å². The predicted octanol–water partition coefficient (Wildman–Crippen LogP) is 1.90. The summed E-state index contributed by atoms with van der Waals surface area (Å²) in [6.45, 7) is 2.49. The molecule has 1 aliphatic rings. The lowest BCUT2D eigenvalue weighted by Gasteiger charge is -2.09. The van der Waals surface area contributed by atoms with Gasteiger partial charge >= 0.3 is 0 Å². The van der Waals surface area contributed by atoms with E-state index in [0.29, 0.717) is 5.92 Å². The second-order valence-electron chi connectivity index (χ2n) is 3.28. The maximum absolute atomic E-state index is 5.58. The molecule has 0 spiro atoms. The van der Waals surface area contributed by atoms with Crippen LogP contribution in [0.25, 0.3) is 0 Å². The topological polar surface area (TPSA) is 18.5 Å². The molecular weight excluding hydrogens is 164 g/mol. The molecule has 2 heteroatoms. The SMILES string of the molecule is [c]1cccc(OCC2CCOC2)c1. The Morgan fingerprint density at radius 1 is 1.62 bits per heavy atom. The molecule has 0 aromatic heterocycles. The van der Waals surface area contributed by atoms with Crippen LogP contribution in [0, 0.1) is 12.0 Å². The lowest BCUT2D eigenvalue weighted by atomic mass is 10.1. The number of ether oxygens (including phenoxy) is 2. The molecule has 1 unspecified atom stereocenters. The Kier molecular flexibility index (Phi) is 2.82. The third kappa shape index (κ3) is 2.46. The van der Waals surface area contributed by atoms with Crippen LogP contribution in [-0.4, -0.2) is 19.8 Å². The fourth-order valence-electron chi connectivity index (χ4n) is 1.40. The highest BCUT2D eigenvalue weighted by Gasteiger charge is 2.15. The van der Waals surface area contributed by atoms with Gasteiger partial charge in [-0.05, 0) is 24.6 Å². The summed E-state index contributed by atoms with van der Waals surface area (Å²) in [6.07, 6.45) is 1.12. The van der Waals surface area contributed by atoms with Crippen molar-refractivity contribution in [2.24, 2.45) is 5.92 Å². The standard InChI is InChI=1S/C11H13O2/c1-2-4-11(5-3-1)13-9-10-6-7-12-8-10/h1-2,4-5,10H,6-9H2. The summed E-state index contributed by atoms with van der Waals surface area (Å²) >= 11 is 0. The molecule has 1 aromatic rings. The lowest BCUT2D eigenvalue weighted by molar-refractivity contribution is 0.167. The van der Waals surface area contributed by atoms with Crippen molar-refractivity contribution in [3.05, 3.63) is 30.3 Å². The van der Waals surface area contributed by atoms with Gasteiger partial charge in [-0.1, -0.05) is 12.1 Å². The zero-order chi connectivity index (χ0) is 8.93. The minimum atomic E-state index is 0.570. The maximum atomic E-state index is 5.58. The summed E-state index contributed by atoms with van der Waals surface area (Å²) in [7, 11) is 0.